The molecule has 1 unspecified atom stereocenters. The van der Waals surface area contributed by atoms with E-state index >= 15 is 0 Å². The molecule has 0 bridgehead atoms. The zero-order valence-electron chi connectivity index (χ0n) is 17.1. The average molecular weight is 454 g/mol. The van der Waals surface area contributed by atoms with E-state index in [0.717, 1.165) is 18.4 Å². The van der Waals surface area contributed by atoms with Crippen molar-refractivity contribution in [3.63, 3.8) is 0 Å². The summed E-state index contributed by atoms with van der Waals surface area (Å²) < 4.78 is 24.8. The van der Waals surface area contributed by atoms with Gasteiger partial charge in [0.1, 0.15) is 23.7 Å². The van der Waals surface area contributed by atoms with Gasteiger partial charge in [-0.15, -0.1) is 0 Å². The van der Waals surface area contributed by atoms with Crippen molar-refractivity contribution in [2.45, 2.75) is 31.6 Å². The fraction of sp³-hybridized carbons (Fsp3) is 0.200. The summed E-state index contributed by atoms with van der Waals surface area (Å²) in [6.07, 6.45) is 0.571. The summed E-state index contributed by atoms with van der Waals surface area (Å²) in [5.41, 5.74) is 1.45. The highest BCUT2D eigenvalue weighted by molar-refractivity contribution is 6.30. The van der Waals surface area contributed by atoms with Crippen LogP contribution in [0.25, 0.3) is 0 Å². The van der Waals surface area contributed by atoms with E-state index < -0.39 is 23.8 Å². The maximum absolute atomic E-state index is 13.4. The molecule has 1 amide bonds. The molecule has 32 heavy (non-hydrogen) atoms. The second-order valence-electron chi connectivity index (χ2n) is 7.53. The molecule has 0 radical (unpaired) electrons. The van der Waals surface area contributed by atoms with Crippen LogP contribution < -0.4 is 10.1 Å². The molecule has 0 aromatic heterocycles. The van der Waals surface area contributed by atoms with Crippen LogP contribution in [0.2, 0.25) is 5.02 Å². The minimum atomic E-state index is -1.20. The van der Waals surface area contributed by atoms with E-state index in [2.05, 4.69) is 5.32 Å². The molecule has 7 heteroatoms. The first-order valence-electron chi connectivity index (χ1n) is 10.2. The van der Waals surface area contributed by atoms with Crippen molar-refractivity contribution in [3.05, 3.63) is 100 Å². The number of halogens is 2. The van der Waals surface area contributed by atoms with Crippen molar-refractivity contribution in [2.75, 3.05) is 0 Å². The maximum Gasteiger partial charge on any atom is 0.343 e. The van der Waals surface area contributed by atoms with Crippen LogP contribution in [0, 0.1) is 5.82 Å². The fourth-order valence-electron chi connectivity index (χ4n) is 3.09. The predicted molar refractivity (Wildman–Crippen MR) is 118 cm³/mol. The second-order valence-corrected chi connectivity index (χ2v) is 7.97. The molecule has 1 saturated carbocycles. The number of amides is 1. The third kappa shape index (κ3) is 5.65. The minimum absolute atomic E-state index is 0.0825. The Balaban J connectivity index is 1.51. The zero-order chi connectivity index (χ0) is 22.5. The predicted octanol–water partition coefficient (Wildman–Crippen LogP) is 5.23. The fourth-order valence-corrected chi connectivity index (χ4v) is 3.21. The van der Waals surface area contributed by atoms with Gasteiger partial charge in [0.15, 0.2) is 0 Å². The Morgan fingerprint density at radius 3 is 2.38 bits per heavy atom. The maximum atomic E-state index is 13.4. The summed E-state index contributed by atoms with van der Waals surface area (Å²) in [7, 11) is 0. The van der Waals surface area contributed by atoms with Crippen LogP contribution in [0.15, 0.2) is 72.8 Å². The summed E-state index contributed by atoms with van der Waals surface area (Å²) >= 11 is 5.91. The molecule has 5 nitrogen and oxygen atoms in total. The number of hydrogen-bond acceptors (Lipinski definition) is 4. The number of nitrogens with one attached hydrogen (secondary N) is 1. The average Bonchev–Trinajstić information content (AvgIpc) is 3.62. The lowest BCUT2D eigenvalue weighted by atomic mass is 10.1. The van der Waals surface area contributed by atoms with Gasteiger partial charge >= 0.3 is 5.97 Å². The van der Waals surface area contributed by atoms with E-state index in [-0.39, 0.29) is 18.2 Å². The molecular formula is C25H21ClFNO4. The molecule has 1 aliphatic rings. The van der Waals surface area contributed by atoms with Gasteiger partial charge in [-0.05, 0) is 54.8 Å². The summed E-state index contributed by atoms with van der Waals surface area (Å²) in [4.78, 5) is 25.7. The van der Waals surface area contributed by atoms with Gasteiger partial charge in [-0.1, -0.05) is 48.0 Å². The molecule has 4 rings (SSSR count). The zero-order valence-corrected chi connectivity index (χ0v) is 17.8. The standard InChI is InChI=1S/C25H21ClFNO4/c26-18-9-5-16(6-10-18)15-31-22-4-2-1-3-21(22)25(30)32-23(24(29)28-20-13-14-20)17-7-11-19(27)12-8-17/h1-12,20,23H,13-15H2,(H,28,29). The number of hydrogen-bond donors (Lipinski definition) is 1. The van der Waals surface area contributed by atoms with E-state index in [9.17, 15) is 14.0 Å². The van der Waals surface area contributed by atoms with Crippen LogP contribution >= 0.6 is 11.6 Å². The number of benzene rings is 3. The van der Waals surface area contributed by atoms with Gasteiger partial charge < -0.3 is 14.8 Å². The number of carbonyl (C=O) groups excluding carboxylic acids is 2. The van der Waals surface area contributed by atoms with Crippen molar-refractivity contribution >= 4 is 23.5 Å². The van der Waals surface area contributed by atoms with Crippen molar-refractivity contribution in [1.82, 2.24) is 5.32 Å². The summed E-state index contributed by atoms with van der Waals surface area (Å²) in [6.45, 7) is 0.227. The van der Waals surface area contributed by atoms with Crippen LogP contribution in [0.5, 0.6) is 5.75 Å². The molecule has 3 aromatic carbocycles. The normalized spacial score (nSPS) is 13.8. The van der Waals surface area contributed by atoms with Gasteiger partial charge in [-0.3, -0.25) is 4.79 Å². The minimum Gasteiger partial charge on any atom is -0.488 e. The van der Waals surface area contributed by atoms with E-state index in [1.54, 1.807) is 36.4 Å². The molecule has 0 heterocycles. The van der Waals surface area contributed by atoms with E-state index in [0.29, 0.717) is 16.3 Å². The number of carbonyl (C=O) groups is 2. The Bertz CT molecular complexity index is 1100. The first-order chi connectivity index (χ1) is 15.5. The third-order valence-electron chi connectivity index (χ3n) is 4.97. The number of rotatable bonds is 8. The lowest BCUT2D eigenvalue weighted by Gasteiger charge is -2.19. The number of para-hydroxylation sites is 1. The molecule has 1 fully saturated rings. The van der Waals surface area contributed by atoms with Gasteiger partial charge in [0, 0.05) is 16.6 Å². The van der Waals surface area contributed by atoms with E-state index in [1.165, 1.54) is 24.3 Å². The smallest absolute Gasteiger partial charge is 0.343 e. The van der Waals surface area contributed by atoms with Crippen LogP contribution in [0.1, 0.15) is 40.4 Å². The largest absolute Gasteiger partial charge is 0.488 e. The Kier molecular flexibility index (Phi) is 6.71. The number of ether oxygens (including phenoxy) is 2. The van der Waals surface area contributed by atoms with Crippen LogP contribution in [-0.4, -0.2) is 17.9 Å². The van der Waals surface area contributed by atoms with Gasteiger partial charge in [0.2, 0.25) is 6.10 Å². The van der Waals surface area contributed by atoms with E-state index in [4.69, 9.17) is 21.1 Å². The lowest BCUT2D eigenvalue weighted by Crippen LogP contribution is -2.33. The van der Waals surface area contributed by atoms with Crippen LogP contribution in [0.3, 0.4) is 0 Å². The Morgan fingerprint density at radius 1 is 1.00 bits per heavy atom. The van der Waals surface area contributed by atoms with Gasteiger partial charge in [-0.25, -0.2) is 9.18 Å². The topological polar surface area (TPSA) is 64.6 Å². The van der Waals surface area contributed by atoms with Crippen molar-refractivity contribution in [1.29, 1.82) is 0 Å². The SMILES string of the molecule is O=C(OC(C(=O)NC1CC1)c1ccc(F)cc1)c1ccccc1OCc1ccc(Cl)cc1. The monoisotopic (exact) mass is 453 g/mol. The summed E-state index contributed by atoms with van der Waals surface area (Å²) in [5, 5.41) is 3.46. The Labute approximate surface area is 190 Å². The lowest BCUT2D eigenvalue weighted by molar-refractivity contribution is -0.130. The number of esters is 1. The molecular weight excluding hydrogens is 433 g/mol. The van der Waals surface area contributed by atoms with Crippen molar-refractivity contribution < 1.29 is 23.5 Å². The molecule has 0 aliphatic heterocycles. The van der Waals surface area contributed by atoms with E-state index in [1.807, 2.05) is 12.1 Å². The molecule has 1 N–H and O–H groups in total. The Hall–Kier alpha value is -3.38. The first-order valence-corrected chi connectivity index (χ1v) is 10.6. The molecule has 1 aliphatic carbocycles. The first kappa shape index (κ1) is 21.8. The molecule has 1 atom stereocenters. The summed E-state index contributed by atoms with van der Waals surface area (Å²) in [5.74, 6) is -1.26. The van der Waals surface area contributed by atoms with Gasteiger partial charge in [-0.2, -0.15) is 0 Å². The Morgan fingerprint density at radius 2 is 1.69 bits per heavy atom. The third-order valence-corrected chi connectivity index (χ3v) is 5.23. The molecule has 3 aromatic rings. The van der Waals surface area contributed by atoms with Crippen molar-refractivity contribution in [2.24, 2.45) is 0 Å². The molecule has 0 saturated heterocycles. The summed E-state index contributed by atoms with van der Waals surface area (Å²) in [6, 6.07) is 19.2. The highest BCUT2D eigenvalue weighted by atomic mass is 35.5. The quantitative estimate of drug-likeness (QED) is 0.474. The highest BCUT2D eigenvalue weighted by Gasteiger charge is 2.31. The van der Waals surface area contributed by atoms with Crippen LogP contribution in [0.4, 0.5) is 4.39 Å². The van der Waals surface area contributed by atoms with Crippen molar-refractivity contribution in [3.8, 4) is 5.75 Å². The molecule has 164 valence electrons. The highest BCUT2D eigenvalue weighted by Crippen LogP contribution is 2.27. The van der Waals surface area contributed by atoms with Crippen LogP contribution in [-0.2, 0) is 16.1 Å². The van der Waals surface area contributed by atoms with Gasteiger partial charge in [0.05, 0.1) is 0 Å². The second kappa shape index (κ2) is 9.83. The van der Waals surface area contributed by atoms with Gasteiger partial charge in [0.25, 0.3) is 5.91 Å². The molecule has 0 spiro atoms.